The summed E-state index contributed by atoms with van der Waals surface area (Å²) in [5, 5.41) is 9.02. The van der Waals surface area contributed by atoms with Gasteiger partial charge in [-0.2, -0.15) is 0 Å². The smallest absolute Gasteiger partial charge is 0.0622 e. The van der Waals surface area contributed by atoms with Crippen LogP contribution in [0.2, 0.25) is 0 Å². The zero-order valence-electron chi connectivity index (χ0n) is 9.41. The van der Waals surface area contributed by atoms with Crippen molar-refractivity contribution in [3.63, 3.8) is 0 Å². The quantitative estimate of drug-likeness (QED) is 0.693. The van der Waals surface area contributed by atoms with Crippen molar-refractivity contribution in [1.29, 1.82) is 0 Å². The highest BCUT2D eigenvalue weighted by molar-refractivity contribution is 4.88. The van der Waals surface area contributed by atoms with Gasteiger partial charge in [0.25, 0.3) is 0 Å². The van der Waals surface area contributed by atoms with Gasteiger partial charge in [-0.15, -0.1) is 0 Å². The van der Waals surface area contributed by atoms with Crippen molar-refractivity contribution in [3.05, 3.63) is 0 Å². The number of aliphatic hydroxyl groups is 1. The Hall–Kier alpha value is -0.120. The van der Waals surface area contributed by atoms with Gasteiger partial charge in [-0.25, -0.2) is 0 Å². The zero-order valence-corrected chi connectivity index (χ0v) is 9.41. The number of rotatable bonds is 1. The van der Waals surface area contributed by atoms with Gasteiger partial charge in [0.2, 0.25) is 0 Å². The molecule has 2 atom stereocenters. The van der Waals surface area contributed by atoms with Crippen LogP contribution in [0.3, 0.4) is 0 Å². The van der Waals surface area contributed by atoms with E-state index in [0.717, 1.165) is 26.2 Å². The monoisotopic (exact) mass is 201 g/mol. The number of nitrogens with zero attached hydrogens (tertiary/aromatic N) is 1. The Labute approximate surface area is 87.1 Å². The van der Waals surface area contributed by atoms with Crippen LogP contribution in [0.5, 0.6) is 0 Å². The van der Waals surface area contributed by atoms with Crippen molar-refractivity contribution in [2.24, 2.45) is 0 Å². The maximum atomic E-state index is 9.02. The molecule has 0 aliphatic carbocycles. The summed E-state index contributed by atoms with van der Waals surface area (Å²) >= 11 is 0. The fraction of sp³-hybridized carbons (Fsp3) is 1.00. The Bertz CT molecular complexity index is 146. The molecule has 2 rings (SSSR count). The van der Waals surface area contributed by atoms with Crippen LogP contribution in [0.1, 0.15) is 33.1 Å². The molecule has 14 heavy (non-hydrogen) atoms. The first-order valence-electron chi connectivity index (χ1n) is 5.77. The SMILES string of the molecule is CCC.OC[C@@H]1CC[C@H]2COCCN12. The number of fused-ring (bicyclic) bond motifs is 1. The Morgan fingerprint density at radius 1 is 1.36 bits per heavy atom. The summed E-state index contributed by atoms with van der Waals surface area (Å²) < 4.78 is 5.35. The molecule has 0 aromatic heterocycles. The molecular formula is C11H23NO2. The third-order valence-electron chi connectivity index (χ3n) is 2.79. The lowest BCUT2D eigenvalue weighted by Gasteiger charge is -2.32. The summed E-state index contributed by atoms with van der Waals surface area (Å²) in [6, 6.07) is 1.02. The minimum Gasteiger partial charge on any atom is -0.395 e. The average Bonchev–Trinajstić information content (AvgIpc) is 2.62. The normalized spacial score (nSPS) is 31.9. The summed E-state index contributed by atoms with van der Waals surface area (Å²) in [5.41, 5.74) is 0. The lowest BCUT2D eigenvalue weighted by atomic mass is 10.2. The molecule has 2 aliphatic heterocycles. The molecule has 0 radical (unpaired) electrons. The van der Waals surface area contributed by atoms with E-state index in [1.165, 1.54) is 12.8 Å². The van der Waals surface area contributed by atoms with Crippen LogP contribution < -0.4 is 0 Å². The van der Waals surface area contributed by atoms with E-state index < -0.39 is 0 Å². The van der Waals surface area contributed by atoms with Gasteiger partial charge in [0, 0.05) is 18.6 Å². The lowest BCUT2D eigenvalue weighted by molar-refractivity contribution is -0.0114. The minimum absolute atomic E-state index is 0.316. The Morgan fingerprint density at radius 2 is 2.07 bits per heavy atom. The molecule has 0 aromatic carbocycles. The first kappa shape index (κ1) is 12.0. The Kier molecular flexibility index (Phi) is 5.45. The van der Waals surface area contributed by atoms with E-state index in [9.17, 15) is 0 Å². The van der Waals surface area contributed by atoms with E-state index in [1.807, 2.05) is 0 Å². The number of aliphatic hydroxyl groups excluding tert-OH is 1. The topological polar surface area (TPSA) is 32.7 Å². The number of hydrogen-bond donors (Lipinski definition) is 1. The van der Waals surface area contributed by atoms with Gasteiger partial charge < -0.3 is 9.84 Å². The van der Waals surface area contributed by atoms with Crippen molar-refractivity contribution in [3.8, 4) is 0 Å². The molecule has 1 N–H and O–H groups in total. The van der Waals surface area contributed by atoms with E-state index in [4.69, 9.17) is 9.84 Å². The molecule has 0 saturated carbocycles. The maximum Gasteiger partial charge on any atom is 0.0622 e. The largest absolute Gasteiger partial charge is 0.395 e. The van der Waals surface area contributed by atoms with Crippen molar-refractivity contribution in [2.45, 2.75) is 45.2 Å². The predicted octanol–water partition coefficient (Wildman–Crippen LogP) is 1.26. The molecule has 84 valence electrons. The van der Waals surface area contributed by atoms with Crippen molar-refractivity contribution >= 4 is 0 Å². The first-order valence-corrected chi connectivity index (χ1v) is 5.77. The minimum atomic E-state index is 0.316. The standard InChI is InChI=1S/C8H15NO2.C3H8/c10-5-7-1-2-8-6-11-4-3-9(7)8;1-3-2/h7-8,10H,1-6H2;3H2,1-2H3/t7-,8-;/m0./s1. The third kappa shape index (κ3) is 2.94. The number of hydrogen-bond acceptors (Lipinski definition) is 3. The highest BCUT2D eigenvalue weighted by Gasteiger charge is 2.34. The van der Waals surface area contributed by atoms with Gasteiger partial charge in [0.1, 0.15) is 0 Å². The summed E-state index contributed by atoms with van der Waals surface area (Å²) in [6.45, 7) is 7.29. The molecule has 0 aromatic rings. The van der Waals surface area contributed by atoms with Crippen LogP contribution in [0.4, 0.5) is 0 Å². The van der Waals surface area contributed by atoms with E-state index in [1.54, 1.807) is 0 Å². The molecule has 2 fully saturated rings. The molecule has 2 aliphatic rings. The van der Waals surface area contributed by atoms with Crippen molar-refractivity contribution in [2.75, 3.05) is 26.4 Å². The van der Waals surface area contributed by atoms with E-state index >= 15 is 0 Å². The highest BCUT2D eigenvalue weighted by atomic mass is 16.5. The molecular weight excluding hydrogens is 178 g/mol. The predicted molar refractivity (Wildman–Crippen MR) is 57.4 cm³/mol. The second-order valence-electron chi connectivity index (χ2n) is 4.09. The summed E-state index contributed by atoms with van der Waals surface area (Å²) in [4.78, 5) is 2.39. The average molecular weight is 201 g/mol. The van der Waals surface area contributed by atoms with E-state index in [0.29, 0.717) is 18.7 Å². The van der Waals surface area contributed by atoms with Gasteiger partial charge in [-0.05, 0) is 12.8 Å². The Morgan fingerprint density at radius 3 is 2.71 bits per heavy atom. The fourth-order valence-corrected chi connectivity index (χ4v) is 2.14. The molecule has 2 heterocycles. The van der Waals surface area contributed by atoms with E-state index in [2.05, 4.69) is 18.7 Å². The van der Waals surface area contributed by atoms with Crippen LogP contribution in [0, 0.1) is 0 Å². The first-order chi connectivity index (χ1) is 6.83. The number of morpholine rings is 1. The zero-order chi connectivity index (χ0) is 10.4. The van der Waals surface area contributed by atoms with Gasteiger partial charge >= 0.3 is 0 Å². The van der Waals surface area contributed by atoms with Gasteiger partial charge in [-0.3, -0.25) is 4.90 Å². The van der Waals surface area contributed by atoms with Crippen LogP contribution in [0.15, 0.2) is 0 Å². The summed E-state index contributed by atoms with van der Waals surface area (Å²) in [6.07, 6.45) is 3.59. The van der Waals surface area contributed by atoms with E-state index in [-0.39, 0.29) is 0 Å². The van der Waals surface area contributed by atoms with Crippen molar-refractivity contribution in [1.82, 2.24) is 4.90 Å². The second kappa shape index (κ2) is 6.38. The number of ether oxygens (including phenoxy) is 1. The fourth-order valence-electron chi connectivity index (χ4n) is 2.14. The second-order valence-corrected chi connectivity index (χ2v) is 4.09. The maximum absolute atomic E-state index is 9.02. The summed E-state index contributed by atoms with van der Waals surface area (Å²) in [7, 11) is 0. The molecule has 0 amide bonds. The van der Waals surface area contributed by atoms with Crippen LogP contribution in [-0.2, 0) is 4.74 Å². The molecule has 0 spiro atoms. The molecule has 2 saturated heterocycles. The summed E-state index contributed by atoms with van der Waals surface area (Å²) in [5.74, 6) is 0. The highest BCUT2D eigenvalue weighted by Crippen LogP contribution is 2.25. The van der Waals surface area contributed by atoms with Gasteiger partial charge in [0.15, 0.2) is 0 Å². The molecule has 3 nitrogen and oxygen atoms in total. The Balaban J connectivity index is 0.000000293. The van der Waals surface area contributed by atoms with Gasteiger partial charge in [-0.1, -0.05) is 20.3 Å². The lowest BCUT2D eigenvalue weighted by Crippen LogP contribution is -2.46. The van der Waals surface area contributed by atoms with Crippen molar-refractivity contribution < 1.29 is 9.84 Å². The van der Waals surface area contributed by atoms with Crippen LogP contribution in [-0.4, -0.2) is 48.5 Å². The van der Waals surface area contributed by atoms with Crippen LogP contribution in [0.25, 0.3) is 0 Å². The molecule has 0 bridgehead atoms. The molecule has 3 heteroatoms. The van der Waals surface area contributed by atoms with Crippen LogP contribution >= 0.6 is 0 Å². The molecule has 0 unspecified atom stereocenters. The third-order valence-corrected chi connectivity index (χ3v) is 2.79. The van der Waals surface area contributed by atoms with Gasteiger partial charge in [0.05, 0.1) is 19.8 Å².